The van der Waals surface area contributed by atoms with Gasteiger partial charge in [-0.2, -0.15) is 0 Å². The molecule has 0 aliphatic heterocycles. The summed E-state index contributed by atoms with van der Waals surface area (Å²) in [4.78, 5) is 3.32. The van der Waals surface area contributed by atoms with Crippen molar-refractivity contribution in [2.45, 2.75) is 11.9 Å². The van der Waals surface area contributed by atoms with Gasteiger partial charge in [0.25, 0.3) is 10.0 Å². The van der Waals surface area contributed by atoms with E-state index in [9.17, 15) is 12.8 Å². The van der Waals surface area contributed by atoms with Crippen LogP contribution in [0.4, 0.5) is 4.39 Å². The van der Waals surface area contributed by atoms with Gasteiger partial charge in [-0.15, -0.1) is 0 Å². The molecule has 0 aliphatic rings. The monoisotopic (exact) mass is 190 g/mol. The Labute approximate surface area is 69.3 Å². The van der Waals surface area contributed by atoms with Gasteiger partial charge >= 0.3 is 0 Å². The third kappa shape index (κ3) is 1.77. The lowest BCUT2D eigenvalue weighted by atomic mass is 10.3. The van der Waals surface area contributed by atoms with Gasteiger partial charge in [-0.25, -0.2) is 22.9 Å². The minimum absolute atomic E-state index is 0.203. The molecule has 0 fully saturated rings. The second kappa shape index (κ2) is 2.80. The number of primary sulfonamides is 1. The van der Waals surface area contributed by atoms with Crippen LogP contribution in [0.25, 0.3) is 0 Å². The fourth-order valence-electron chi connectivity index (χ4n) is 0.669. The standard InChI is InChI=1S/C6H7FN2O2S/c1-4-2-6(12(8,10)11)9-3-5(4)7/h2-3H,1H3,(H2,8,10,11). The summed E-state index contributed by atoms with van der Waals surface area (Å²) < 4.78 is 34.0. The highest BCUT2D eigenvalue weighted by Gasteiger charge is 2.10. The zero-order valence-corrected chi connectivity index (χ0v) is 7.10. The normalized spacial score (nSPS) is 11.6. The van der Waals surface area contributed by atoms with Crippen LogP contribution >= 0.6 is 0 Å². The molecule has 0 aliphatic carbocycles. The summed E-state index contributed by atoms with van der Waals surface area (Å²) in [7, 11) is -3.82. The van der Waals surface area contributed by atoms with Crippen molar-refractivity contribution < 1.29 is 12.8 Å². The van der Waals surface area contributed by atoms with E-state index < -0.39 is 15.8 Å². The van der Waals surface area contributed by atoms with Crippen molar-refractivity contribution >= 4 is 10.0 Å². The van der Waals surface area contributed by atoms with E-state index in [1.54, 1.807) is 0 Å². The van der Waals surface area contributed by atoms with Crippen LogP contribution in [0.1, 0.15) is 5.56 Å². The zero-order chi connectivity index (χ0) is 9.35. The maximum absolute atomic E-state index is 12.6. The number of halogens is 1. The van der Waals surface area contributed by atoms with E-state index in [0.717, 1.165) is 12.3 Å². The molecule has 1 rings (SSSR count). The molecule has 1 aromatic heterocycles. The van der Waals surface area contributed by atoms with Gasteiger partial charge in [0.1, 0.15) is 5.82 Å². The molecule has 0 radical (unpaired) electrons. The fourth-order valence-corrected chi connectivity index (χ4v) is 1.21. The number of aryl methyl sites for hydroxylation is 1. The summed E-state index contributed by atoms with van der Waals surface area (Å²) in [6, 6.07) is 1.09. The van der Waals surface area contributed by atoms with Crippen LogP contribution in [0.15, 0.2) is 17.3 Å². The van der Waals surface area contributed by atoms with E-state index in [2.05, 4.69) is 4.98 Å². The zero-order valence-electron chi connectivity index (χ0n) is 6.28. The summed E-state index contributed by atoms with van der Waals surface area (Å²) in [6.45, 7) is 1.44. The predicted octanol–water partition coefficient (Wildman–Crippen LogP) is 0.177. The Morgan fingerprint density at radius 1 is 1.58 bits per heavy atom. The lowest BCUT2D eigenvalue weighted by Gasteiger charge is -1.98. The lowest BCUT2D eigenvalue weighted by Crippen LogP contribution is -2.14. The Morgan fingerprint density at radius 2 is 2.17 bits per heavy atom. The average molecular weight is 190 g/mol. The second-order valence-electron chi connectivity index (χ2n) is 2.32. The van der Waals surface area contributed by atoms with Crippen LogP contribution < -0.4 is 5.14 Å². The maximum atomic E-state index is 12.6. The Kier molecular flexibility index (Phi) is 2.12. The van der Waals surface area contributed by atoms with Crippen molar-refractivity contribution in [2.75, 3.05) is 0 Å². The highest BCUT2D eigenvalue weighted by molar-refractivity contribution is 7.89. The van der Waals surface area contributed by atoms with Gasteiger partial charge in [-0.1, -0.05) is 0 Å². The molecule has 0 amide bonds. The van der Waals surface area contributed by atoms with E-state index in [0.29, 0.717) is 0 Å². The first kappa shape index (κ1) is 9.08. The molecule has 66 valence electrons. The number of nitrogens with two attached hydrogens (primary N) is 1. The molecule has 4 nitrogen and oxygen atoms in total. The van der Waals surface area contributed by atoms with Crippen LogP contribution in [0, 0.1) is 12.7 Å². The quantitative estimate of drug-likeness (QED) is 0.686. The molecule has 0 saturated carbocycles. The molecule has 0 bridgehead atoms. The van der Waals surface area contributed by atoms with Gasteiger partial charge in [0, 0.05) is 0 Å². The maximum Gasteiger partial charge on any atom is 0.255 e. The highest BCUT2D eigenvalue weighted by Crippen LogP contribution is 2.08. The lowest BCUT2D eigenvalue weighted by molar-refractivity contribution is 0.587. The Hall–Kier alpha value is -1.01. The van der Waals surface area contributed by atoms with Crippen molar-refractivity contribution in [3.63, 3.8) is 0 Å². The Morgan fingerprint density at radius 3 is 2.58 bits per heavy atom. The van der Waals surface area contributed by atoms with Gasteiger partial charge in [-0.3, -0.25) is 0 Å². The molecule has 0 atom stereocenters. The molecule has 0 spiro atoms. The molecule has 0 unspecified atom stereocenters. The molecule has 0 saturated heterocycles. The number of pyridine rings is 1. The number of hydrogen-bond donors (Lipinski definition) is 1. The fraction of sp³-hybridized carbons (Fsp3) is 0.167. The van der Waals surface area contributed by atoms with Gasteiger partial charge in [0.05, 0.1) is 6.20 Å². The van der Waals surface area contributed by atoms with E-state index in [1.807, 2.05) is 0 Å². The minimum atomic E-state index is -3.82. The molecule has 2 N–H and O–H groups in total. The number of nitrogens with zero attached hydrogens (tertiary/aromatic N) is 1. The first-order chi connectivity index (χ1) is 5.41. The summed E-state index contributed by atoms with van der Waals surface area (Å²) in [5, 5.41) is 4.44. The van der Waals surface area contributed by atoms with Crippen LogP contribution in [-0.4, -0.2) is 13.4 Å². The van der Waals surface area contributed by atoms with Crippen molar-refractivity contribution in [2.24, 2.45) is 5.14 Å². The summed E-state index contributed by atoms with van der Waals surface area (Å²) >= 11 is 0. The first-order valence-electron chi connectivity index (χ1n) is 3.06. The predicted molar refractivity (Wildman–Crippen MR) is 40.3 cm³/mol. The Balaban J connectivity index is 3.33. The number of hydrogen-bond acceptors (Lipinski definition) is 3. The van der Waals surface area contributed by atoms with Crippen LogP contribution in [-0.2, 0) is 10.0 Å². The molecule has 1 heterocycles. The molecule has 12 heavy (non-hydrogen) atoms. The summed E-state index contributed by atoms with van der Waals surface area (Å²) in [5.74, 6) is -0.553. The van der Waals surface area contributed by atoms with Crippen molar-refractivity contribution in [1.29, 1.82) is 0 Å². The van der Waals surface area contributed by atoms with E-state index in [4.69, 9.17) is 5.14 Å². The van der Waals surface area contributed by atoms with Crippen molar-refractivity contribution in [1.82, 2.24) is 4.98 Å². The van der Waals surface area contributed by atoms with E-state index in [-0.39, 0.29) is 10.6 Å². The van der Waals surface area contributed by atoms with Gasteiger partial charge < -0.3 is 0 Å². The molecular formula is C6H7FN2O2S. The SMILES string of the molecule is Cc1cc(S(N)(=O)=O)ncc1F. The molecule has 1 aromatic rings. The van der Waals surface area contributed by atoms with Crippen LogP contribution in [0.5, 0.6) is 0 Å². The molecule has 6 heteroatoms. The van der Waals surface area contributed by atoms with E-state index >= 15 is 0 Å². The topological polar surface area (TPSA) is 73.1 Å². The van der Waals surface area contributed by atoms with Crippen molar-refractivity contribution in [3.8, 4) is 0 Å². The third-order valence-corrected chi connectivity index (χ3v) is 2.12. The largest absolute Gasteiger partial charge is 0.255 e. The second-order valence-corrected chi connectivity index (χ2v) is 3.83. The summed E-state index contributed by atoms with van der Waals surface area (Å²) in [6.07, 6.45) is 0.828. The minimum Gasteiger partial charge on any atom is -0.240 e. The highest BCUT2D eigenvalue weighted by atomic mass is 32.2. The van der Waals surface area contributed by atoms with Gasteiger partial charge in [0.15, 0.2) is 5.03 Å². The van der Waals surface area contributed by atoms with Crippen molar-refractivity contribution in [3.05, 3.63) is 23.6 Å². The van der Waals surface area contributed by atoms with Gasteiger partial charge in [0.2, 0.25) is 0 Å². The third-order valence-electron chi connectivity index (χ3n) is 1.31. The molecule has 0 aromatic carbocycles. The molecular weight excluding hydrogens is 183 g/mol. The number of aromatic nitrogens is 1. The summed E-state index contributed by atoms with van der Waals surface area (Å²) in [5.41, 5.74) is 0.203. The van der Waals surface area contributed by atoms with Crippen LogP contribution in [0.2, 0.25) is 0 Å². The smallest absolute Gasteiger partial charge is 0.240 e. The number of rotatable bonds is 1. The first-order valence-corrected chi connectivity index (χ1v) is 4.61. The van der Waals surface area contributed by atoms with Gasteiger partial charge in [-0.05, 0) is 18.6 Å². The Bertz CT molecular complexity index is 402. The van der Waals surface area contributed by atoms with E-state index in [1.165, 1.54) is 6.92 Å². The van der Waals surface area contributed by atoms with Crippen LogP contribution in [0.3, 0.4) is 0 Å². The number of sulfonamides is 1. The average Bonchev–Trinajstić information content (AvgIpc) is 1.92.